The zero-order chi connectivity index (χ0) is 44.1. The first-order valence-electron chi connectivity index (χ1n) is 19.6. The number of ether oxygens (including phenoxy) is 4. The fourth-order valence-electron chi connectivity index (χ4n) is 7.51. The standard InChI is InChI=1S/C21H19ClO2.C12H14FN3O3.C11H12FN3O4.CH4/c1-23-19-12-8-17(9-13-19)21(22,16-6-4-3-5-7-16)18-10-14-20(24-2)15-11-18;1-2-7-8(13)10(17)12(19-7)16-5-15-9-6(16)3-4-14-11(9)18;12-7-6(3-16)19-11(9(7)17)15-4-14-8-5(15)1-2-13-10(8)18;/h3-15H,1-2H3;3-5,7-8,10,12,17H,2H2,1H3,(H,14,18);1-2,4,6-7,9,11,16-17H,3H2,(H,13,18);1H4/t;7-,8+,10-,12?;6-,7+,9-,11?;/m.11./s1. The Labute approximate surface area is 365 Å². The monoisotopic (exact) mass is 890 g/mol. The number of imidazole rings is 2. The van der Waals surface area contributed by atoms with Gasteiger partial charge in [-0.15, -0.1) is 11.6 Å². The maximum atomic E-state index is 13.8. The lowest BCUT2D eigenvalue weighted by Gasteiger charge is -2.29. The molecule has 0 saturated carbocycles. The van der Waals surface area contributed by atoms with E-state index in [1.54, 1.807) is 33.3 Å². The second kappa shape index (κ2) is 20.0. The normalized spacial score (nSPS) is 23.0. The Bertz CT molecular complexity index is 2520. The van der Waals surface area contributed by atoms with E-state index < -0.39 is 60.7 Å². The molecule has 4 aromatic heterocycles. The van der Waals surface area contributed by atoms with Crippen LogP contribution in [-0.4, -0.2) is 102 Å². The summed E-state index contributed by atoms with van der Waals surface area (Å²) in [5, 5.41) is 28.7. The molecule has 0 radical (unpaired) electrons. The number of aromatic amines is 2. The fraction of sp³-hybridized carbons (Fsp3) is 0.333. The molecule has 6 heterocycles. The van der Waals surface area contributed by atoms with Crippen LogP contribution in [0.5, 0.6) is 11.5 Å². The van der Waals surface area contributed by atoms with E-state index in [1.165, 1.54) is 34.2 Å². The molecular weight excluding hydrogens is 842 g/mol. The first kappa shape index (κ1) is 46.6. The summed E-state index contributed by atoms with van der Waals surface area (Å²) >= 11 is 7.22. The van der Waals surface area contributed by atoms with E-state index in [-0.39, 0.29) is 29.6 Å². The van der Waals surface area contributed by atoms with Gasteiger partial charge in [0, 0.05) is 12.4 Å². The number of methoxy groups -OCH3 is 2. The molecule has 2 fully saturated rings. The maximum Gasteiger partial charge on any atom is 0.276 e. The van der Waals surface area contributed by atoms with Crippen molar-refractivity contribution >= 4 is 33.7 Å². The summed E-state index contributed by atoms with van der Waals surface area (Å²) in [6.07, 6.45) is -3.32. The summed E-state index contributed by atoms with van der Waals surface area (Å²) in [7, 11) is 3.31. The largest absolute Gasteiger partial charge is 0.497 e. The molecule has 0 spiro atoms. The van der Waals surface area contributed by atoms with Gasteiger partial charge in [-0.2, -0.15) is 0 Å². The number of benzene rings is 3. The Balaban J connectivity index is 0.000000157. The fourth-order valence-corrected chi connectivity index (χ4v) is 7.89. The van der Waals surface area contributed by atoms with Crippen molar-refractivity contribution < 1.29 is 43.0 Å². The van der Waals surface area contributed by atoms with Crippen molar-refractivity contribution in [3.63, 3.8) is 0 Å². The molecule has 2 unspecified atom stereocenters. The van der Waals surface area contributed by atoms with E-state index in [4.69, 9.17) is 35.7 Å². The number of rotatable bonds is 9. The third kappa shape index (κ3) is 9.11. The maximum absolute atomic E-state index is 13.8. The van der Waals surface area contributed by atoms with Crippen LogP contribution in [0.4, 0.5) is 8.78 Å². The number of hydrogen-bond donors (Lipinski definition) is 5. The number of nitrogens with one attached hydrogen (secondary N) is 2. The lowest BCUT2D eigenvalue weighted by Crippen LogP contribution is -2.29. The van der Waals surface area contributed by atoms with Crippen LogP contribution in [0.3, 0.4) is 0 Å². The number of hydrogen-bond acceptors (Lipinski definition) is 11. The average molecular weight is 891 g/mol. The van der Waals surface area contributed by atoms with Crippen LogP contribution in [0.25, 0.3) is 22.1 Å². The third-order valence-electron chi connectivity index (χ3n) is 10.9. The Morgan fingerprint density at radius 3 is 1.49 bits per heavy atom. The first-order valence-corrected chi connectivity index (χ1v) is 20.0. The van der Waals surface area contributed by atoms with Gasteiger partial charge in [-0.05, 0) is 59.5 Å². The molecule has 8 atom stereocenters. The van der Waals surface area contributed by atoms with E-state index in [0.717, 1.165) is 28.2 Å². The van der Waals surface area contributed by atoms with Crippen molar-refractivity contribution in [3.8, 4) is 11.5 Å². The lowest BCUT2D eigenvalue weighted by atomic mass is 9.84. The van der Waals surface area contributed by atoms with E-state index in [0.29, 0.717) is 17.5 Å². The van der Waals surface area contributed by atoms with Crippen LogP contribution in [0, 0.1) is 0 Å². The molecule has 2 aliphatic heterocycles. The van der Waals surface area contributed by atoms with E-state index in [1.807, 2.05) is 78.9 Å². The number of halogens is 3. The van der Waals surface area contributed by atoms with Gasteiger partial charge in [0.1, 0.15) is 34.7 Å². The molecule has 2 aliphatic rings. The topological polar surface area (TPSA) is 199 Å². The number of aliphatic hydroxyl groups is 3. The SMILES string of the molecule is C.CC[C@H]1OC(n2cnc3c(=O)[nH]ccc32)[C@H](O)[C@H]1F.COc1ccc(C(Cl)(c2ccccc2)c2ccc(OC)cc2)cc1.O=c1[nH]ccc2c1ncn2C1O[C@H](CO)[C@H](F)[C@H]1O. The van der Waals surface area contributed by atoms with Gasteiger partial charge in [0.05, 0.1) is 50.6 Å². The molecule has 0 aliphatic carbocycles. The number of nitrogens with zero attached hydrogens (tertiary/aromatic N) is 4. The van der Waals surface area contributed by atoms with Gasteiger partial charge >= 0.3 is 0 Å². The number of aliphatic hydroxyl groups excluding tert-OH is 3. The Kier molecular flexibility index (Phi) is 14.8. The van der Waals surface area contributed by atoms with Crippen LogP contribution >= 0.6 is 11.6 Å². The number of aromatic nitrogens is 6. The summed E-state index contributed by atoms with van der Waals surface area (Å²) in [5.74, 6) is 1.61. The van der Waals surface area contributed by atoms with Gasteiger partial charge in [-0.3, -0.25) is 9.59 Å². The van der Waals surface area contributed by atoms with Gasteiger partial charge in [-0.25, -0.2) is 18.7 Å². The molecule has 0 amide bonds. The number of pyridine rings is 2. The minimum atomic E-state index is -1.69. The summed E-state index contributed by atoms with van der Waals surface area (Å²) < 4.78 is 51.7. The summed E-state index contributed by atoms with van der Waals surface area (Å²) in [6, 6.07) is 29.0. The predicted molar refractivity (Wildman–Crippen MR) is 233 cm³/mol. The zero-order valence-corrected chi connectivity index (χ0v) is 34.5. The first-order chi connectivity index (χ1) is 29.9. The van der Waals surface area contributed by atoms with Crippen molar-refractivity contribution in [2.24, 2.45) is 0 Å². The number of fused-ring (bicyclic) bond motifs is 2. The van der Waals surface area contributed by atoms with Crippen LogP contribution < -0.4 is 20.6 Å². The molecule has 7 aromatic rings. The van der Waals surface area contributed by atoms with E-state index >= 15 is 0 Å². The van der Waals surface area contributed by atoms with Gasteiger partial charge in [0.2, 0.25) is 0 Å². The van der Waals surface area contributed by atoms with Crippen molar-refractivity contribution in [2.45, 2.75) is 74.9 Å². The highest BCUT2D eigenvalue weighted by Crippen LogP contribution is 2.44. The highest BCUT2D eigenvalue weighted by molar-refractivity contribution is 6.28. The van der Waals surface area contributed by atoms with Gasteiger partial charge in [0.25, 0.3) is 11.1 Å². The summed E-state index contributed by atoms with van der Waals surface area (Å²) in [4.78, 5) is 35.2. The number of H-pyrrole nitrogens is 2. The zero-order valence-electron chi connectivity index (χ0n) is 33.7. The summed E-state index contributed by atoms with van der Waals surface area (Å²) in [6.45, 7) is 1.27. The van der Waals surface area contributed by atoms with Crippen LogP contribution in [-0.2, 0) is 14.3 Å². The van der Waals surface area contributed by atoms with Crippen molar-refractivity contribution in [1.82, 2.24) is 29.1 Å². The smallest absolute Gasteiger partial charge is 0.276 e. The van der Waals surface area contributed by atoms with Crippen molar-refractivity contribution in [3.05, 3.63) is 153 Å². The number of alkyl halides is 3. The highest BCUT2D eigenvalue weighted by atomic mass is 35.5. The molecule has 2 saturated heterocycles. The molecule has 334 valence electrons. The van der Waals surface area contributed by atoms with Gasteiger partial charge in [-0.1, -0.05) is 68.9 Å². The molecule has 5 N–H and O–H groups in total. The molecule has 18 heteroatoms. The lowest BCUT2D eigenvalue weighted by molar-refractivity contribution is -0.0493. The van der Waals surface area contributed by atoms with Crippen LogP contribution in [0.15, 0.2) is 126 Å². The average Bonchev–Trinajstić information content (AvgIpc) is 4.08. The Morgan fingerprint density at radius 2 is 1.11 bits per heavy atom. The molecule has 3 aromatic carbocycles. The Morgan fingerprint density at radius 1 is 0.698 bits per heavy atom. The second-order valence-electron chi connectivity index (χ2n) is 14.5. The van der Waals surface area contributed by atoms with E-state index in [9.17, 15) is 28.6 Å². The van der Waals surface area contributed by atoms with Gasteiger partial charge < -0.3 is 53.4 Å². The quantitative estimate of drug-likeness (QED) is 0.0853. The molecule has 0 bridgehead atoms. The minimum Gasteiger partial charge on any atom is -0.497 e. The summed E-state index contributed by atoms with van der Waals surface area (Å²) in [5.41, 5.74) is 3.65. The second-order valence-corrected chi connectivity index (χ2v) is 15.0. The molecular formula is C45H49ClF2N6O9. The minimum absolute atomic E-state index is 0. The molecule has 15 nitrogen and oxygen atoms in total. The van der Waals surface area contributed by atoms with Crippen molar-refractivity contribution in [1.29, 1.82) is 0 Å². The third-order valence-corrected chi connectivity index (χ3v) is 11.5. The highest BCUT2D eigenvalue weighted by Gasteiger charge is 2.46. The van der Waals surface area contributed by atoms with Crippen LogP contribution in [0.2, 0.25) is 0 Å². The van der Waals surface area contributed by atoms with Gasteiger partial charge in [0.15, 0.2) is 35.8 Å². The Hall–Kier alpha value is -5.95. The molecule has 63 heavy (non-hydrogen) atoms. The van der Waals surface area contributed by atoms with Crippen molar-refractivity contribution in [2.75, 3.05) is 20.8 Å². The molecule has 9 rings (SSSR count). The van der Waals surface area contributed by atoms with E-state index in [2.05, 4.69) is 19.9 Å². The van der Waals surface area contributed by atoms with Crippen LogP contribution in [0.1, 0.15) is 49.9 Å². The predicted octanol–water partition coefficient (Wildman–Crippen LogP) is 5.91.